The predicted octanol–water partition coefficient (Wildman–Crippen LogP) is 5.70. The van der Waals surface area contributed by atoms with Gasteiger partial charge < -0.3 is 5.32 Å². The fourth-order valence-corrected chi connectivity index (χ4v) is 3.93. The molecule has 2 aromatic carbocycles. The molecule has 0 radical (unpaired) electrons. The summed E-state index contributed by atoms with van der Waals surface area (Å²) in [4.78, 5) is 18.3. The van der Waals surface area contributed by atoms with Crippen molar-refractivity contribution < 1.29 is 4.79 Å². The van der Waals surface area contributed by atoms with Crippen LogP contribution in [0.5, 0.6) is 0 Å². The Morgan fingerprint density at radius 2 is 1.68 bits per heavy atom. The number of benzene rings is 2. The highest BCUT2D eigenvalue weighted by Crippen LogP contribution is 2.28. The highest BCUT2D eigenvalue weighted by Gasteiger charge is 2.19. The molecule has 7 heteroatoms. The second-order valence-electron chi connectivity index (χ2n) is 8.41. The Morgan fingerprint density at radius 3 is 2.38 bits per heavy atom. The minimum atomic E-state index is -0.285. The van der Waals surface area contributed by atoms with Crippen molar-refractivity contribution in [2.45, 2.75) is 26.8 Å². The number of pyridine rings is 1. The third-order valence-electron chi connectivity index (χ3n) is 5.70. The lowest BCUT2D eigenvalue weighted by Crippen LogP contribution is -2.15. The van der Waals surface area contributed by atoms with Crippen LogP contribution in [0.15, 0.2) is 79.0 Å². The molecule has 7 nitrogen and oxygen atoms in total. The zero-order chi connectivity index (χ0) is 23.7. The Labute approximate surface area is 197 Å². The summed E-state index contributed by atoms with van der Waals surface area (Å²) in [5, 5.41) is 16.5. The Bertz CT molecular complexity index is 1470. The molecule has 34 heavy (non-hydrogen) atoms. The Morgan fingerprint density at radius 1 is 0.912 bits per heavy atom. The van der Waals surface area contributed by atoms with Gasteiger partial charge in [0, 0.05) is 17.2 Å². The number of aromatic nitrogens is 5. The summed E-state index contributed by atoms with van der Waals surface area (Å²) in [6.07, 6.45) is 1.70. The summed E-state index contributed by atoms with van der Waals surface area (Å²) in [6.45, 7) is 6.11. The van der Waals surface area contributed by atoms with Crippen LogP contribution in [0.2, 0.25) is 0 Å². The number of hydrogen-bond acceptors (Lipinski definition) is 5. The van der Waals surface area contributed by atoms with Gasteiger partial charge in [-0.1, -0.05) is 54.6 Å². The number of fused-ring (bicyclic) bond motifs is 1. The molecule has 1 N–H and O–H groups in total. The van der Waals surface area contributed by atoms with Gasteiger partial charge in [-0.3, -0.25) is 4.79 Å². The maximum Gasteiger partial charge on any atom is 0.257 e. The van der Waals surface area contributed by atoms with Crippen molar-refractivity contribution >= 4 is 22.8 Å². The molecule has 0 fully saturated rings. The van der Waals surface area contributed by atoms with Gasteiger partial charge in [0.1, 0.15) is 0 Å². The minimum absolute atomic E-state index is 0.101. The number of aryl methyl sites for hydroxylation is 1. The first-order valence-corrected chi connectivity index (χ1v) is 11.2. The lowest BCUT2D eigenvalue weighted by Gasteiger charge is -2.12. The molecule has 5 rings (SSSR count). The van der Waals surface area contributed by atoms with Gasteiger partial charge in [0.25, 0.3) is 5.91 Å². The Kier molecular flexibility index (Phi) is 5.59. The van der Waals surface area contributed by atoms with E-state index in [0.717, 1.165) is 28.1 Å². The zero-order valence-electron chi connectivity index (χ0n) is 19.2. The van der Waals surface area contributed by atoms with Crippen LogP contribution in [-0.2, 0) is 0 Å². The average Bonchev–Trinajstić information content (AvgIpc) is 3.29. The monoisotopic (exact) mass is 448 g/mol. The first-order valence-electron chi connectivity index (χ1n) is 11.2. The van der Waals surface area contributed by atoms with Crippen LogP contribution < -0.4 is 5.32 Å². The molecule has 0 aliphatic heterocycles. The van der Waals surface area contributed by atoms with Crippen LogP contribution in [-0.4, -0.2) is 30.9 Å². The molecule has 3 aromatic heterocycles. The number of carbonyl (C=O) groups excluding carboxylic acids is 1. The highest BCUT2D eigenvalue weighted by molar-refractivity contribution is 6.12. The van der Waals surface area contributed by atoms with Crippen molar-refractivity contribution in [1.29, 1.82) is 0 Å². The molecule has 0 spiro atoms. The number of rotatable bonds is 5. The molecular weight excluding hydrogens is 424 g/mol. The minimum Gasteiger partial charge on any atom is -0.305 e. The fourth-order valence-electron chi connectivity index (χ4n) is 3.93. The van der Waals surface area contributed by atoms with E-state index >= 15 is 0 Å². The summed E-state index contributed by atoms with van der Waals surface area (Å²) in [6, 6.07) is 23.3. The summed E-state index contributed by atoms with van der Waals surface area (Å²) < 4.78 is 1.84. The topological polar surface area (TPSA) is 85.6 Å². The Balaban J connectivity index is 1.53. The van der Waals surface area contributed by atoms with Gasteiger partial charge >= 0.3 is 0 Å². The third kappa shape index (κ3) is 4.03. The van der Waals surface area contributed by atoms with Gasteiger partial charge in [-0.15, -0.1) is 10.2 Å². The normalized spacial score (nSPS) is 11.2. The first-order chi connectivity index (χ1) is 16.5. The van der Waals surface area contributed by atoms with E-state index in [1.807, 2.05) is 92.2 Å². The lowest BCUT2D eigenvalue weighted by atomic mass is 10.0. The number of hydrogen-bond donors (Lipinski definition) is 1. The van der Waals surface area contributed by atoms with Crippen LogP contribution in [0.25, 0.3) is 33.5 Å². The summed E-state index contributed by atoms with van der Waals surface area (Å²) in [5.41, 5.74) is 5.65. The number of amides is 1. The lowest BCUT2D eigenvalue weighted by molar-refractivity contribution is 0.102. The van der Waals surface area contributed by atoms with Gasteiger partial charge in [0.05, 0.1) is 28.5 Å². The van der Waals surface area contributed by atoms with E-state index in [2.05, 4.69) is 20.6 Å². The number of anilines is 1. The summed E-state index contributed by atoms with van der Waals surface area (Å²) >= 11 is 0. The van der Waals surface area contributed by atoms with Crippen molar-refractivity contribution in [1.82, 2.24) is 25.0 Å². The van der Waals surface area contributed by atoms with E-state index in [0.29, 0.717) is 22.4 Å². The van der Waals surface area contributed by atoms with E-state index in [4.69, 9.17) is 4.98 Å². The van der Waals surface area contributed by atoms with E-state index in [1.165, 1.54) is 0 Å². The van der Waals surface area contributed by atoms with Crippen LogP contribution >= 0.6 is 0 Å². The Hall–Kier alpha value is -4.39. The van der Waals surface area contributed by atoms with E-state index in [-0.39, 0.29) is 11.9 Å². The SMILES string of the molecule is Cc1ccccc1-c1cc(C(=O)Nc2ccc(-c3ccccc3)nn2)c2cnn(C(C)C)c2n1. The third-order valence-corrected chi connectivity index (χ3v) is 5.70. The molecule has 1 amide bonds. The first kappa shape index (κ1) is 21.5. The molecule has 5 aromatic rings. The van der Waals surface area contributed by atoms with E-state index in [1.54, 1.807) is 12.3 Å². The van der Waals surface area contributed by atoms with E-state index < -0.39 is 0 Å². The van der Waals surface area contributed by atoms with Crippen molar-refractivity contribution in [3.8, 4) is 22.5 Å². The molecule has 168 valence electrons. The molecule has 0 bridgehead atoms. The van der Waals surface area contributed by atoms with Crippen LogP contribution in [0, 0.1) is 6.92 Å². The van der Waals surface area contributed by atoms with Crippen molar-refractivity contribution in [2.75, 3.05) is 5.32 Å². The maximum atomic E-state index is 13.4. The number of nitrogens with one attached hydrogen (secondary N) is 1. The highest BCUT2D eigenvalue weighted by atomic mass is 16.1. The molecule has 0 aliphatic rings. The van der Waals surface area contributed by atoms with Gasteiger partial charge in [-0.2, -0.15) is 5.10 Å². The molecule has 0 saturated heterocycles. The van der Waals surface area contributed by atoms with Gasteiger partial charge in [-0.05, 0) is 44.5 Å². The molecule has 0 atom stereocenters. The number of nitrogens with zero attached hydrogens (tertiary/aromatic N) is 5. The summed E-state index contributed by atoms with van der Waals surface area (Å²) in [7, 11) is 0. The van der Waals surface area contributed by atoms with Crippen LogP contribution in [0.4, 0.5) is 5.82 Å². The van der Waals surface area contributed by atoms with Crippen LogP contribution in [0.3, 0.4) is 0 Å². The van der Waals surface area contributed by atoms with Crippen molar-refractivity contribution in [2.24, 2.45) is 0 Å². The maximum absolute atomic E-state index is 13.4. The molecule has 0 saturated carbocycles. The van der Waals surface area contributed by atoms with Gasteiger partial charge in [-0.25, -0.2) is 9.67 Å². The average molecular weight is 449 g/mol. The molecule has 0 unspecified atom stereocenters. The predicted molar refractivity (Wildman–Crippen MR) is 134 cm³/mol. The van der Waals surface area contributed by atoms with Gasteiger partial charge in [0.15, 0.2) is 11.5 Å². The quantitative estimate of drug-likeness (QED) is 0.373. The second kappa shape index (κ2) is 8.86. The summed E-state index contributed by atoms with van der Waals surface area (Å²) in [5.74, 6) is 0.0932. The standard InChI is InChI=1S/C27H24N6O/c1-17(2)33-26-22(16-28-33)21(15-24(29-26)20-12-8-7-9-18(20)3)27(34)30-25-14-13-23(31-32-25)19-10-5-4-6-11-19/h4-17H,1-3H3,(H,30,32,34). The molecule has 0 aliphatic carbocycles. The second-order valence-corrected chi connectivity index (χ2v) is 8.41. The van der Waals surface area contributed by atoms with Crippen molar-refractivity contribution in [3.05, 3.63) is 90.1 Å². The largest absolute Gasteiger partial charge is 0.305 e. The van der Waals surface area contributed by atoms with Gasteiger partial charge in [0.2, 0.25) is 0 Å². The molecule has 3 heterocycles. The zero-order valence-corrected chi connectivity index (χ0v) is 19.2. The molecular formula is C27H24N6O. The fraction of sp³-hybridized carbons (Fsp3) is 0.148. The smallest absolute Gasteiger partial charge is 0.257 e. The van der Waals surface area contributed by atoms with Crippen molar-refractivity contribution in [3.63, 3.8) is 0 Å². The van der Waals surface area contributed by atoms with E-state index in [9.17, 15) is 4.79 Å². The van der Waals surface area contributed by atoms with Crippen LogP contribution in [0.1, 0.15) is 35.8 Å². The number of carbonyl (C=O) groups is 1.